The Labute approximate surface area is 80.1 Å². The van der Waals surface area contributed by atoms with Crippen molar-refractivity contribution in [2.75, 3.05) is 19.7 Å². The van der Waals surface area contributed by atoms with E-state index in [2.05, 4.69) is 0 Å². The summed E-state index contributed by atoms with van der Waals surface area (Å²) >= 11 is 0. The van der Waals surface area contributed by atoms with E-state index in [1.807, 2.05) is 0 Å². The van der Waals surface area contributed by atoms with Crippen molar-refractivity contribution in [3.05, 3.63) is 0 Å². The molecule has 1 fully saturated rings. The molecule has 1 rings (SSSR count). The summed E-state index contributed by atoms with van der Waals surface area (Å²) in [7, 11) is 0. The van der Waals surface area contributed by atoms with Gasteiger partial charge in [0.15, 0.2) is 0 Å². The van der Waals surface area contributed by atoms with Crippen LogP contribution in [0, 0.1) is 0 Å². The molecule has 0 radical (unpaired) electrons. The second-order valence-corrected chi connectivity index (χ2v) is 3.51. The summed E-state index contributed by atoms with van der Waals surface area (Å²) in [4.78, 5) is 11.6. The van der Waals surface area contributed by atoms with Crippen LogP contribution in [0.2, 0.25) is 0 Å². The third kappa shape index (κ3) is 2.88. The summed E-state index contributed by atoms with van der Waals surface area (Å²) in [6.07, 6.45) is -0.560. The Bertz CT molecular complexity index is 223. The number of rotatable bonds is 4. The molecule has 1 saturated heterocycles. The molecule has 14 heavy (non-hydrogen) atoms. The molecule has 1 aliphatic heterocycles. The van der Waals surface area contributed by atoms with Crippen LogP contribution in [0.25, 0.3) is 0 Å². The highest BCUT2D eigenvalue weighted by Crippen LogP contribution is 2.31. The van der Waals surface area contributed by atoms with Gasteiger partial charge in [-0.05, 0) is 0 Å². The molecule has 1 heterocycles. The molecule has 0 aromatic rings. The minimum Gasteiger partial charge on any atom is -0.481 e. The van der Waals surface area contributed by atoms with Gasteiger partial charge in [-0.15, -0.1) is 0 Å². The molecule has 6 heteroatoms. The predicted molar refractivity (Wildman–Crippen MR) is 44.3 cm³/mol. The van der Waals surface area contributed by atoms with Gasteiger partial charge in [0, 0.05) is 19.0 Å². The maximum absolute atomic E-state index is 12.9. The number of aliphatic hydroxyl groups is 1. The lowest BCUT2D eigenvalue weighted by atomic mass is 10.2. The third-order valence-electron chi connectivity index (χ3n) is 2.31. The highest BCUT2D eigenvalue weighted by Gasteiger charge is 2.44. The summed E-state index contributed by atoms with van der Waals surface area (Å²) in [6, 6.07) is -0.607. The number of nitrogens with zero attached hydrogens (tertiary/aromatic N) is 1. The fourth-order valence-electron chi connectivity index (χ4n) is 1.65. The number of halogens is 2. The number of alkyl halides is 2. The number of hydrogen-bond acceptors (Lipinski definition) is 3. The lowest BCUT2D eigenvalue weighted by Gasteiger charge is -2.20. The third-order valence-corrected chi connectivity index (χ3v) is 2.31. The van der Waals surface area contributed by atoms with E-state index in [9.17, 15) is 13.6 Å². The number of likely N-dealkylation sites (tertiary alicyclic amines) is 1. The molecule has 0 aromatic carbocycles. The lowest BCUT2D eigenvalue weighted by molar-refractivity contribution is -0.137. The largest absolute Gasteiger partial charge is 0.481 e. The highest BCUT2D eigenvalue weighted by atomic mass is 19.3. The van der Waals surface area contributed by atoms with Crippen molar-refractivity contribution in [1.82, 2.24) is 4.90 Å². The number of aliphatic hydroxyl groups excluding tert-OH is 1. The van der Waals surface area contributed by atoms with Gasteiger partial charge in [-0.1, -0.05) is 0 Å². The SMILES string of the molecule is O=C(O)CCN1CC(F)(F)C[C@@H]1CO. The Kier molecular flexibility index (Phi) is 3.38. The van der Waals surface area contributed by atoms with Gasteiger partial charge >= 0.3 is 5.97 Å². The van der Waals surface area contributed by atoms with Crippen molar-refractivity contribution >= 4 is 5.97 Å². The van der Waals surface area contributed by atoms with Crippen LogP contribution < -0.4 is 0 Å². The van der Waals surface area contributed by atoms with Gasteiger partial charge in [0.25, 0.3) is 5.92 Å². The topological polar surface area (TPSA) is 60.8 Å². The van der Waals surface area contributed by atoms with Crippen molar-refractivity contribution in [3.63, 3.8) is 0 Å². The van der Waals surface area contributed by atoms with Crippen LogP contribution >= 0.6 is 0 Å². The Morgan fingerprint density at radius 1 is 1.57 bits per heavy atom. The molecule has 82 valence electrons. The van der Waals surface area contributed by atoms with Crippen molar-refractivity contribution in [3.8, 4) is 0 Å². The second-order valence-electron chi connectivity index (χ2n) is 3.51. The monoisotopic (exact) mass is 209 g/mol. The number of hydrogen-bond donors (Lipinski definition) is 2. The van der Waals surface area contributed by atoms with E-state index in [0.717, 1.165) is 0 Å². The van der Waals surface area contributed by atoms with Gasteiger partial charge in [0.1, 0.15) is 0 Å². The minimum atomic E-state index is -2.80. The molecule has 0 bridgehead atoms. The lowest BCUT2D eigenvalue weighted by Crippen LogP contribution is -2.34. The zero-order valence-electron chi connectivity index (χ0n) is 7.62. The Morgan fingerprint density at radius 3 is 2.71 bits per heavy atom. The first-order chi connectivity index (χ1) is 6.44. The Balaban J connectivity index is 2.47. The van der Waals surface area contributed by atoms with E-state index >= 15 is 0 Å². The molecule has 0 aliphatic carbocycles. The zero-order chi connectivity index (χ0) is 10.8. The van der Waals surface area contributed by atoms with Gasteiger partial charge in [0.05, 0.1) is 19.6 Å². The molecular formula is C8H13F2NO3. The average Bonchev–Trinajstić information content (AvgIpc) is 2.37. The van der Waals surface area contributed by atoms with Crippen LogP contribution in [-0.4, -0.2) is 52.7 Å². The predicted octanol–water partition coefficient (Wildman–Crippen LogP) is 0.163. The molecule has 0 spiro atoms. The molecule has 1 aliphatic rings. The van der Waals surface area contributed by atoms with Crippen molar-refractivity contribution in [2.45, 2.75) is 24.8 Å². The van der Waals surface area contributed by atoms with E-state index in [1.165, 1.54) is 4.90 Å². The summed E-state index contributed by atoms with van der Waals surface area (Å²) < 4.78 is 25.7. The number of carbonyl (C=O) groups is 1. The van der Waals surface area contributed by atoms with E-state index < -0.39 is 24.5 Å². The van der Waals surface area contributed by atoms with Crippen molar-refractivity contribution in [2.24, 2.45) is 0 Å². The van der Waals surface area contributed by atoms with Crippen molar-refractivity contribution in [1.29, 1.82) is 0 Å². The number of carboxylic acids is 1. The summed E-state index contributed by atoms with van der Waals surface area (Å²) in [5.74, 6) is -3.82. The molecule has 1 atom stereocenters. The van der Waals surface area contributed by atoms with Crippen LogP contribution in [0.5, 0.6) is 0 Å². The fraction of sp³-hybridized carbons (Fsp3) is 0.875. The summed E-state index contributed by atoms with van der Waals surface area (Å²) in [5.41, 5.74) is 0. The molecule has 0 saturated carbocycles. The minimum absolute atomic E-state index is 0.0656. The van der Waals surface area contributed by atoms with Gasteiger partial charge < -0.3 is 10.2 Å². The van der Waals surface area contributed by atoms with E-state index in [1.54, 1.807) is 0 Å². The summed E-state index contributed by atoms with van der Waals surface area (Å²) in [5, 5.41) is 17.2. The van der Waals surface area contributed by atoms with Crippen LogP contribution in [0.1, 0.15) is 12.8 Å². The molecule has 0 amide bonds. The quantitative estimate of drug-likeness (QED) is 0.692. The maximum Gasteiger partial charge on any atom is 0.304 e. The first kappa shape index (κ1) is 11.3. The van der Waals surface area contributed by atoms with Gasteiger partial charge in [-0.3, -0.25) is 9.69 Å². The second kappa shape index (κ2) is 4.18. The highest BCUT2D eigenvalue weighted by molar-refractivity contribution is 5.66. The normalized spacial score (nSPS) is 26.6. The fourth-order valence-corrected chi connectivity index (χ4v) is 1.65. The van der Waals surface area contributed by atoms with E-state index in [0.29, 0.717) is 0 Å². The maximum atomic E-state index is 12.9. The Hall–Kier alpha value is -0.750. The van der Waals surface area contributed by atoms with Crippen LogP contribution in [-0.2, 0) is 4.79 Å². The number of aliphatic carboxylic acids is 1. The standard InChI is InChI=1S/C8H13F2NO3/c9-8(10)3-6(4-12)11(5-8)2-1-7(13)14/h6,12H,1-5H2,(H,13,14)/t6-/m1/s1. The molecular weight excluding hydrogens is 196 g/mol. The smallest absolute Gasteiger partial charge is 0.304 e. The molecule has 4 nitrogen and oxygen atoms in total. The summed E-state index contributed by atoms with van der Waals surface area (Å²) in [6.45, 7) is -0.739. The first-order valence-corrected chi connectivity index (χ1v) is 4.39. The zero-order valence-corrected chi connectivity index (χ0v) is 7.62. The van der Waals surface area contributed by atoms with Gasteiger partial charge in [-0.25, -0.2) is 8.78 Å². The first-order valence-electron chi connectivity index (χ1n) is 4.39. The van der Waals surface area contributed by atoms with Crippen LogP contribution in [0.15, 0.2) is 0 Å². The van der Waals surface area contributed by atoms with Crippen LogP contribution in [0.4, 0.5) is 8.78 Å². The van der Waals surface area contributed by atoms with E-state index in [-0.39, 0.29) is 26.0 Å². The average molecular weight is 209 g/mol. The van der Waals surface area contributed by atoms with Gasteiger partial charge in [-0.2, -0.15) is 0 Å². The molecule has 2 N–H and O–H groups in total. The van der Waals surface area contributed by atoms with Gasteiger partial charge in [0.2, 0.25) is 0 Å². The number of carboxylic acid groups (broad SMARTS) is 1. The van der Waals surface area contributed by atoms with E-state index in [4.69, 9.17) is 10.2 Å². The van der Waals surface area contributed by atoms with Crippen molar-refractivity contribution < 1.29 is 23.8 Å². The Morgan fingerprint density at radius 2 is 2.21 bits per heavy atom. The van der Waals surface area contributed by atoms with Crippen LogP contribution in [0.3, 0.4) is 0 Å². The molecule has 0 aromatic heterocycles. The molecule has 0 unspecified atom stereocenters.